The summed E-state index contributed by atoms with van der Waals surface area (Å²) in [5, 5.41) is 3.31. The van der Waals surface area contributed by atoms with Crippen LogP contribution in [0.3, 0.4) is 0 Å². The van der Waals surface area contributed by atoms with Crippen molar-refractivity contribution in [3.8, 4) is 0 Å². The summed E-state index contributed by atoms with van der Waals surface area (Å²) in [6, 6.07) is 8.15. The van der Waals surface area contributed by atoms with E-state index in [1.807, 2.05) is 30.4 Å². The zero-order chi connectivity index (χ0) is 12.3. The number of thiophene rings is 1. The first kappa shape index (κ1) is 11.9. The van der Waals surface area contributed by atoms with Gasteiger partial charge >= 0.3 is 0 Å². The number of nitrogens with zero attached hydrogens (tertiary/aromatic N) is 1. The molecule has 0 atom stereocenters. The first-order valence-electron chi connectivity index (χ1n) is 5.73. The molecule has 2 aromatic heterocycles. The molecule has 90 valence electrons. The lowest BCUT2D eigenvalue weighted by Crippen LogP contribution is -2.02. The van der Waals surface area contributed by atoms with Gasteiger partial charge in [0.15, 0.2) is 0 Å². The van der Waals surface area contributed by atoms with Crippen LogP contribution < -0.4 is 11.1 Å². The minimum Gasteiger partial charge on any atom is -0.397 e. The largest absolute Gasteiger partial charge is 0.397 e. The van der Waals surface area contributed by atoms with Gasteiger partial charge in [0.25, 0.3) is 0 Å². The minimum atomic E-state index is 0.736. The predicted molar refractivity (Wildman–Crippen MR) is 74.4 cm³/mol. The molecule has 3 N–H and O–H groups in total. The van der Waals surface area contributed by atoms with Gasteiger partial charge in [0.05, 0.1) is 17.9 Å². The van der Waals surface area contributed by atoms with Crippen LogP contribution in [-0.4, -0.2) is 4.98 Å². The van der Waals surface area contributed by atoms with Gasteiger partial charge in [-0.1, -0.05) is 6.92 Å². The summed E-state index contributed by atoms with van der Waals surface area (Å²) in [5.74, 6) is 0.878. The standard InChI is InChI=1S/C13H17N3S/c1-3-10-4-5-11(17-10)8-15-13-7-6-12(14)9(2)16-13/h4-7H,3,8,14H2,1-2H3,(H,15,16). The van der Waals surface area contributed by atoms with E-state index < -0.39 is 0 Å². The van der Waals surface area contributed by atoms with Crippen molar-refractivity contribution in [2.75, 3.05) is 11.1 Å². The van der Waals surface area contributed by atoms with Crippen LogP contribution in [0.4, 0.5) is 11.5 Å². The molecule has 0 aliphatic carbocycles. The van der Waals surface area contributed by atoms with Crippen molar-refractivity contribution < 1.29 is 0 Å². The Kier molecular flexibility index (Phi) is 3.64. The Hall–Kier alpha value is -1.55. The smallest absolute Gasteiger partial charge is 0.126 e. The number of nitrogens with two attached hydrogens (primary N) is 1. The fraction of sp³-hybridized carbons (Fsp3) is 0.308. The summed E-state index contributed by atoms with van der Waals surface area (Å²) < 4.78 is 0. The van der Waals surface area contributed by atoms with Crippen LogP contribution in [0.1, 0.15) is 22.4 Å². The highest BCUT2D eigenvalue weighted by molar-refractivity contribution is 7.12. The topological polar surface area (TPSA) is 50.9 Å². The molecule has 0 aromatic carbocycles. The number of nitrogens with one attached hydrogen (secondary N) is 1. The molecule has 0 fully saturated rings. The zero-order valence-electron chi connectivity index (χ0n) is 10.2. The number of aryl methyl sites for hydroxylation is 2. The van der Waals surface area contributed by atoms with Gasteiger partial charge in [-0.2, -0.15) is 0 Å². The average molecular weight is 247 g/mol. The van der Waals surface area contributed by atoms with Crippen molar-refractivity contribution in [1.82, 2.24) is 4.98 Å². The van der Waals surface area contributed by atoms with Crippen LogP contribution in [0.5, 0.6) is 0 Å². The van der Waals surface area contributed by atoms with Gasteiger partial charge in [-0.3, -0.25) is 0 Å². The van der Waals surface area contributed by atoms with Gasteiger partial charge in [-0.05, 0) is 37.6 Å². The van der Waals surface area contributed by atoms with Crippen molar-refractivity contribution in [1.29, 1.82) is 0 Å². The molecule has 2 heterocycles. The maximum absolute atomic E-state index is 5.73. The molecule has 0 spiro atoms. The van der Waals surface area contributed by atoms with Gasteiger partial charge in [-0.25, -0.2) is 4.98 Å². The second-order valence-electron chi connectivity index (χ2n) is 3.95. The summed E-state index contributed by atoms with van der Waals surface area (Å²) >= 11 is 1.84. The van der Waals surface area contributed by atoms with Gasteiger partial charge in [0.1, 0.15) is 5.82 Å². The van der Waals surface area contributed by atoms with E-state index in [4.69, 9.17) is 5.73 Å². The number of aromatic nitrogens is 1. The van der Waals surface area contributed by atoms with E-state index in [0.29, 0.717) is 0 Å². The van der Waals surface area contributed by atoms with E-state index in [0.717, 1.165) is 30.2 Å². The maximum atomic E-state index is 5.73. The number of nitrogen functional groups attached to an aromatic ring is 1. The molecule has 0 aliphatic rings. The van der Waals surface area contributed by atoms with Crippen molar-refractivity contribution in [3.63, 3.8) is 0 Å². The Morgan fingerprint density at radius 2 is 2.00 bits per heavy atom. The van der Waals surface area contributed by atoms with Crippen molar-refractivity contribution in [3.05, 3.63) is 39.7 Å². The van der Waals surface area contributed by atoms with E-state index in [1.54, 1.807) is 0 Å². The van der Waals surface area contributed by atoms with Crippen LogP contribution in [0.25, 0.3) is 0 Å². The fourth-order valence-corrected chi connectivity index (χ4v) is 2.45. The van der Waals surface area contributed by atoms with Crippen LogP contribution in [0.15, 0.2) is 24.3 Å². The lowest BCUT2D eigenvalue weighted by atomic mass is 10.3. The van der Waals surface area contributed by atoms with Crippen molar-refractivity contribution in [2.45, 2.75) is 26.8 Å². The summed E-state index contributed by atoms with van der Waals surface area (Å²) in [5.41, 5.74) is 7.34. The molecule has 0 amide bonds. The predicted octanol–water partition coefficient (Wildman–Crippen LogP) is 3.21. The first-order chi connectivity index (χ1) is 8.19. The molecule has 17 heavy (non-hydrogen) atoms. The minimum absolute atomic E-state index is 0.736. The number of pyridine rings is 1. The number of hydrogen-bond acceptors (Lipinski definition) is 4. The van der Waals surface area contributed by atoms with E-state index in [-0.39, 0.29) is 0 Å². The quantitative estimate of drug-likeness (QED) is 0.872. The maximum Gasteiger partial charge on any atom is 0.126 e. The molecule has 2 aromatic rings. The molecule has 0 saturated heterocycles. The molecule has 0 saturated carbocycles. The molecular formula is C13H17N3S. The summed E-state index contributed by atoms with van der Waals surface area (Å²) in [7, 11) is 0. The van der Waals surface area contributed by atoms with E-state index >= 15 is 0 Å². The molecule has 0 radical (unpaired) electrons. The van der Waals surface area contributed by atoms with E-state index in [1.165, 1.54) is 9.75 Å². The Labute approximate surface area is 106 Å². The van der Waals surface area contributed by atoms with Crippen LogP contribution >= 0.6 is 11.3 Å². The second kappa shape index (κ2) is 5.19. The highest BCUT2D eigenvalue weighted by atomic mass is 32.1. The van der Waals surface area contributed by atoms with Crippen molar-refractivity contribution >= 4 is 22.8 Å². The lowest BCUT2D eigenvalue weighted by molar-refractivity contribution is 1.11. The van der Waals surface area contributed by atoms with Crippen LogP contribution in [-0.2, 0) is 13.0 Å². The van der Waals surface area contributed by atoms with E-state index in [2.05, 4.69) is 29.4 Å². The summed E-state index contributed by atoms with van der Waals surface area (Å²) in [4.78, 5) is 7.13. The normalized spacial score (nSPS) is 10.5. The highest BCUT2D eigenvalue weighted by Crippen LogP contribution is 2.18. The zero-order valence-corrected chi connectivity index (χ0v) is 11.0. The number of hydrogen-bond donors (Lipinski definition) is 2. The van der Waals surface area contributed by atoms with Gasteiger partial charge in [0, 0.05) is 9.75 Å². The average Bonchev–Trinajstić information content (AvgIpc) is 2.79. The Morgan fingerprint density at radius 1 is 1.24 bits per heavy atom. The van der Waals surface area contributed by atoms with Crippen LogP contribution in [0.2, 0.25) is 0 Å². The molecule has 2 rings (SSSR count). The molecule has 0 unspecified atom stereocenters. The van der Waals surface area contributed by atoms with Crippen LogP contribution in [0, 0.1) is 6.92 Å². The molecular weight excluding hydrogens is 230 g/mol. The lowest BCUT2D eigenvalue weighted by Gasteiger charge is -2.06. The van der Waals surface area contributed by atoms with Gasteiger partial charge in [-0.15, -0.1) is 11.3 Å². The molecule has 3 nitrogen and oxygen atoms in total. The van der Waals surface area contributed by atoms with Gasteiger partial charge in [0.2, 0.25) is 0 Å². The fourth-order valence-electron chi connectivity index (χ4n) is 1.56. The second-order valence-corrected chi connectivity index (χ2v) is 5.20. The Morgan fingerprint density at radius 3 is 2.65 bits per heavy atom. The third-order valence-electron chi connectivity index (χ3n) is 2.64. The van der Waals surface area contributed by atoms with Crippen molar-refractivity contribution in [2.24, 2.45) is 0 Å². The summed E-state index contributed by atoms with van der Waals surface area (Å²) in [6.45, 7) is 4.91. The number of rotatable bonds is 4. The molecule has 4 heteroatoms. The monoisotopic (exact) mass is 247 g/mol. The van der Waals surface area contributed by atoms with Gasteiger partial charge < -0.3 is 11.1 Å². The number of anilines is 2. The SMILES string of the molecule is CCc1ccc(CNc2ccc(N)c(C)n2)s1. The Balaban J connectivity index is 1.99. The highest BCUT2D eigenvalue weighted by Gasteiger charge is 2.01. The molecule has 0 aliphatic heterocycles. The van der Waals surface area contributed by atoms with E-state index in [9.17, 15) is 0 Å². The third-order valence-corrected chi connectivity index (χ3v) is 3.87. The first-order valence-corrected chi connectivity index (χ1v) is 6.55. The third kappa shape index (κ3) is 2.97. The Bertz CT molecular complexity index is 505. The summed E-state index contributed by atoms with van der Waals surface area (Å²) in [6.07, 6.45) is 1.10. The molecule has 0 bridgehead atoms.